The fourth-order valence-corrected chi connectivity index (χ4v) is 1.35. The van der Waals surface area contributed by atoms with Crippen molar-refractivity contribution in [1.29, 1.82) is 0 Å². The van der Waals surface area contributed by atoms with E-state index >= 15 is 0 Å². The van der Waals surface area contributed by atoms with E-state index in [1.165, 1.54) is 0 Å². The highest BCUT2D eigenvalue weighted by Gasteiger charge is 2.11. The van der Waals surface area contributed by atoms with E-state index in [9.17, 15) is 8.42 Å². The van der Waals surface area contributed by atoms with Crippen molar-refractivity contribution in [2.24, 2.45) is 0 Å². The van der Waals surface area contributed by atoms with Crippen LogP contribution in [0.25, 0.3) is 10.9 Å². The summed E-state index contributed by atoms with van der Waals surface area (Å²) in [5.74, 6) is -0.389. The van der Waals surface area contributed by atoms with Gasteiger partial charge in [-0.25, -0.2) is 0 Å². The molecule has 2 aromatic rings. The lowest BCUT2D eigenvalue weighted by Gasteiger charge is -1.97. The van der Waals surface area contributed by atoms with E-state index in [1.54, 1.807) is 0 Å². The summed E-state index contributed by atoms with van der Waals surface area (Å²) in [4.78, 5) is 2.48. The smallest absolute Gasteiger partial charge is 0.360 e. The molecule has 0 aliphatic carbocycles. The summed E-state index contributed by atoms with van der Waals surface area (Å²) in [5.41, 5.74) is -0.000324. The molecule has 0 saturated carbocycles. The SMILES string of the molecule is [2H]c1c([2H])c([2H])c2c(OS(=O)(=O)O)c[nH]c2c1[2H]. The van der Waals surface area contributed by atoms with E-state index in [-0.39, 0.29) is 22.7 Å². The average molecular weight is 217 g/mol. The Bertz CT molecular complexity index is 739. The van der Waals surface area contributed by atoms with Crippen LogP contribution < -0.4 is 4.18 Å². The van der Waals surface area contributed by atoms with Gasteiger partial charge in [-0.15, -0.1) is 0 Å². The van der Waals surface area contributed by atoms with Crippen molar-refractivity contribution >= 4 is 21.3 Å². The Labute approximate surface area is 85.9 Å². The molecule has 0 aliphatic rings. The maximum Gasteiger partial charge on any atom is 0.446 e. The van der Waals surface area contributed by atoms with Gasteiger partial charge >= 0.3 is 10.4 Å². The van der Waals surface area contributed by atoms with Crippen LogP contribution in [0.5, 0.6) is 5.75 Å². The van der Waals surface area contributed by atoms with Gasteiger partial charge in [0.15, 0.2) is 5.75 Å². The molecule has 0 unspecified atom stereocenters. The third kappa shape index (κ3) is 1.70. The van der Waals surface area contributed by atoms with Crippen LogP contribution in [-0.2, 0) is 10.4 Å². The first-order chi connectivity index (χ1) is 8.22. The number of aromatic amines is 1. The predicted octanol–water partition coefficient (Wildman–Crippen LogP) is 1.35. The Morgan fingerprint density at radius 2 is 2.14 bits per heavy atom. The van der Waals surface area contributed by atoms with Crippen molar-refractivity contribution in [2.75, 3.05) is 0 Å². The van der Waals surface area contributed by atoms with Crippen LogP contribution in [-0.4, -0.2) is 18.0 Å². The van der Waals surface area contributed by atoms with Gasteiger partial charge in [0.05, 0.1) is 5.48 Å². The van der Waals surface area contributed by atoms with Gasteiger partial charge in [-0.2, -0.15) is 8.42 Å². The van der Waals surface area contributed by atoms with Gasteiger partial charge in [0, 0.05) is 17.1 Å². The zero-order valence-electron chi connectivity index (χ0n) is 10.7. The van der Waals surface area contributed by atoms with Gasteiger partial charge in [0.25, 0.3) is 0 Å². The van der Waals surface area contributed by atoms with Gasteiger partial charge in [-0.3, -0.25) is 4.55 Å². The summed E-state index contributed by atoms with van der Waals surface area (Å²) in [7, 11) is -4.76. The molecule has 5 nitrogen and oxygen atoms in total. The molecule has 14 heavy (non-hydrogen) atoms. The molecule has 0 radical (unpaired) electrons. The summed E-state index contributed by atoms with van der Waals surface area (Å²) >= 11 is 0. The summed E-state index contributed by atoms with van der Waals surface area (Å²) in [6.45, 7) is 0. The molecule has 1 heterocycles. The summed E-state index contributed by atoms with van der Waals surface area (Å²) in [5, 5.41) is -0.140. The van der Waals surface area contributed by atoms with Crippen LogP contribution in [0.3, 0.4) is 0 Å². The maximum absolute atomic E-state index is 10.6. The lowest BCUT2D eigenvalue weighted by molar-refractivity contribution is 0.388. The average Bonchev–Trinajstić information content (AvgIpc) is 2.65. The minimum absolute atomic E-state index is 0.000324. The molecule has 6 heteroatoms. The van der Waals surface area contributed by atoms with Crippen molar-refractivity contribution in [3.63, 3.8) is 0 Å². The molecule has 2 N–H and O–H groups in total. The van der Waals surface area contributed by atoms with Crippen LogP contribution in [0.4, 0.5) is 0 Å². The van der Waals surface area contributed by atoms with Crippen LogP contribution in [0, 0.1) is 0 Å². The highest BCUT2D eigenvalue weighted by molar-refractivity contribution is 7.81. The Balaban J connectivity index is 2.81. The largest absolute Gasteiger partial charge is 0.446 e. The number of hydrogen-bond donors (Lipinski definition) is 2. The predicted molar refractivity (Wildman–Crippen MR) is 50.5 cm³/mol. The fourth-order valence-electron chi connectivity index (χ4n) is 0.995. The standard InChI is InChI=1S/C8H7NO4S/c10-14(11,12)13-8-5-9-7-4-2-1-3-6(7)8/h1-5,9H,(H,10,11,12)/i1D,2D,3D,4D. The zero-order valence-corrected chi connectivity index (χ0v) is 7.47. The highest BCUT2D eigenvalue weighted by Crippen LogP contribution is 2.25. The Hall–Kier alpha value is -1.53. The van der Waals surface area contributed by atoms with E-state index in [0.717, 1.165) is 6.20 Å². The van der Waals surface area contributed by atoms with Crippen molar-refractivity contribution < 1.29 is 22.6 Å². The van der Waals surface area contributed by atoms with Gasteiger partial charge in [-0.1, -0.05) is 12.1 Å². The molecule has 1 aromatic carbocycles. The number of hydrogen-bond acceptors (Lipinski definition) is 3. The van der Waals surface area contributed by atoms with Gasteiger partial charge in [0.1, 0.15) is 0 Å². The lowest BCUT2D eigenvalue weighted by atomic mass is 10.2. The minimum Gasteiger partial charge on any atom is -0.360 e. The molecule has 0 atom stereocenters. The number of fused-ring (bicyclic) bond motifs is 1. The van der Waals surface area contributed by atoms with E-state index in [0.29, 0.717) is 0 Å². The molecule has 0 bridgehead atoms. The third-order valence-corrected chi connectivity index (χ3v) is 1.87. The molecule has 0 spiro atoms. The van der Waals surface area contributed by atoms with E-state index in [2.05, 4.69) is 9.17 Å². The first-order valence-electron chi connectivity index (χ1n) is 5.46. The Morgan fingerprint density at radius 1 is 1.43 bits per heavy atom. The van der Waals surface area contributed by atoms with Gasteiger partial charge in [0.2, 0.25) is 0 Å². The molecule has 0 saturated heterocycles. The Kier molecular flexibility index (Phi) is 1.15. The second-order valence-electron chi connectivity index (χ2n) is 2.41. The van der Waals surface area contributed by atoms with Gasteiger partial charge in [-0.05, 0) is 12.1 Å². The van der Waals surface area contributed by atoms with Gasteiger partial charge < -0.3 is 9.17 Å². The quantitative estimate of drug-likeness (QED) is 0.744. The maximum atomic E-state index is 10.6. The van der Waals surface area contributed by atoms with Crippen LogP contribution >= 0.6 is 0 Å². The summed E-state index contributed by atoms with van der Waals surface area (Å²) < 4.78 is 64.1. The minimum atomic E-state index is -4.76. The summed E-state index contributed by atoms with van der Waals surface area (Å²) in [6, 6.07) is -1.78. The van der Waals surface area contributed by atoms with Crippen LogP contribution in [0.15, 0.2) is 30.4 Å². The van der Waals surface area contributed by atoms with Crippen molar-refractivity contribution in [3.8, 4) is 5.75 Å². The second-order valence-corrected chi connectivity index (χ2v) is 3.44. The van der Waals surface area contributed by atoms with E-state index < -0.39 is 28.5 Å². The number of H-pyrrole nitrogens is 1. The first kappa shape index (κ1) is 5.38. The lowest BCUT2D eigenvalue weighted by Crippen LogP contribution is -2.05. The zero-order chi connectivity index (χ0) is 13.7. The molecule has 0 fully saturated rings. The van der Waals surface area contributed by atoms with Crippen molar-refractivity contribution in [2.45, 2.75) is 0 Å². The van der Waals surface area contributed by atoms with Crippen molar-refractivity contribution in [1.82, 2.24) is 4.98 Å². The highest BCUT2D eigenvalue weighted by atomic mass is 32.3. The Morgan fingerprint density at radius 3 is 2.86 bits per heavy atom. The fraction of sp³-hybridized carbons (Fsp3) is 0. The molecule has 74 valence electrons. The molecular formula is C8H7NO4S. The monoisotopic (exact) mass is 217 g/mol. The van der Waals surface area contributed by atoms with E-state index in [1.807, 2.05) is 0 Å². The number of rotatable bonds is 2. The number of para-hydroxylation sites is 1. The van der Waals surface area contributed by atoms with E-state index in [4.69, 9.17) is 10.0 Å². The van der Waals surface area contributed by atoms with Crippen LogP contribution in [0.2, 0.25) is 0 Å². The third-order valence-electron chi connectivity index (χ3n) is 1.48. The van der Waals surface area contributed by atoms with Crippen molar-refractivity contribution in [3.05, 3.63) is 30.4 Å². The van der Waals surface area contributed by atoms with Crippen LogP contribution in [0.1, 0.15) is 5.48 Å². The second kappa shape index (κ2) is 3.00. The molecule has 2 rings (SSSR count). The molecule has 1 aromatic heterocycles. The normalized spacial score (nSPS) is 15.8. The first-order valence-corrected chi connectivity index (χ1v) is 4.83. The number of benzene rings is 1. The number of aromatic nitrogens is 1. The molecular weight excluding hydrogens is 206 g/mol. The molecule has 0 aliphatic heterocycles. The molecule has 0 amide bonds. The topological polar surface area (TPSA) is 79.4 Å². The number of nitrogens with one attached hydrogen (secondary N) is 1. The summed E-state index contributed by atoms with van der Waals surface area (Å²) in [6.07, 6.45) is 1.04.